The highest BCUT2D eigenvalue weighted by atomic mass is 79.9. The van der Waals surface area contributed by atoms with Gasteiger partial charge < -0.3 is 5.11 Å². The summed E-state index contributed by atoms with van der Waals surface area (Å²) >= 11 is 3.43. The fraction of sp³-hybridized carbons (Fsp3) is 0.571. The van der Waals surface area contributed by atoms with Gasteiger partial charge in [0.2, 0.25) is 0 Å². The molecule has 0 radical (unpaired) electrons. The molecule has 1 N–H and O–H groups in total. The van der Waals surface area contributed by atoms with E-state index in [9.17, 15) is 5.11 Å². The topological polar surface area (TPSA) is 20.2 Å². The van der Waals surface area contributed by atoms with Gasteiger partial charge in [-0.15, -0.1) is 0 Å². The molecule has 1 nitrogen and oxygen atoms in total. The molecular formula is C14H19BrO. The molecule has 0 aliphatic heterocycles. The van der Waals surface area contributed by atoms with Gasteiger partial charge in [0.15, 0.2) is 0 Å². The second kappa shape index (κ2) is 4.50. The molecule has 1 aliphatic rings. The molecule has 2 atom stereocenters. The zero-order valence-corrected chi connectivity index (χ0v) is 11.5. The lowest BCUT2D eigenvalue weighted by atomic mass is 9.71. The highest BCUT2D eigenvalue weighted by molar-refractivity contribution is 9.10. The van der Waals surface area contributed by atoms with E-state index in [2.05, 4.69) is 29.8 Å². The third-order valence-corrected chi connectivity index (χ3v) is 4.09. The Morgan fingerprint density at radius 3 is 2.12 bits per heavy atom. The average molecular weight is 283 g/mol. The van der Waals surface area contributed by atoms with Gasteiger partial charge in [-0.05, 0) is 48.8 Å². The second-order valence-electron chi connectivity index (χ2n) is 5.39. The van der Waals surface area contributed by atoms with Crippen LogP contribution in [0.4, 0.5) is 0 Å². The summed E-state index contributed by atoms with van der Waals surface area (Å²) in [5.41, 5.74) is 0.451. The number of hydrogen-bond acceptors (Lipinski definition) is 1. The Bertz CT molecular complexity index is 348. The van der Waals surface area contributed by atoms with Gasteiger partial charge in [0.1, 0.15) is 0 Å². The molecule has 16 heavy (non-hydrogen) atoms. The van der Waals surface area contributed by atoms with Crippen LogP contribution in [-0.2, 0) is 5.60 Å². The van der Waals surface area contributed by atoms with Crippen molar-refractivity contribution in [3.63, 3.8) is 0 Å². The van der Waals surface area contributed by atoms with E-state index in [1.54, 1.807) is 0 Å². The predicted molar refractivity (Wildman–Crippen MR) is 70.2 cm³/mol. The van der Waals surface area contributed by atoms with Crippen molar-refractivity contribution >= 4 is 15.9 Å². The SMILES string of the molecule is CC1CC(C)CC(O)(c2ccc(Br)cc2)C1. The maximum atomic E-state index is 10.8. The van der Waals surface area contributed by atoms with Crippen molar-refractivity contribution in [3.8, 4) is 0 Å². The summed E-state index contributed by atoms with van der Waals surface area (Å²) in [6.07, 6.45) is 3.01. The van der Waals surface area contributed by atoms with Crippen molar-refractivity contribution in [3.05, 3.63) is 34.3 Å². The first-order valence-corrected chi connectivity index (χ1v) is 6.77. The van der Waals surface area contributed by atoms with Crippen molar-refractivity contribution in [1.29, 1.82) is 0 Å². The minimum atomic E-state index is -0.613. The molecule has 0 heterocycles. The number of rotatable bonds is 1. The van der Waals surface area contributed by atoms with Crippen LogP contribution in [0.5, 0.6) is 0 Å². The molecule has 2 unspecified atom stereocenters. The smallest absolute Gasteiger partial charge is 0.0901 e. The minimum Gasteiger partial charge on any atom is -0.385 e. The van der Waals surface area contributed by atoms with Crippen LogP contribution >= 0.6 is 15.9 Å². The maximum Gasteiger partial charge on any atom is 0.0901 e. The molecule has 88 valence electrons. The number of aliphatic hydroxyl groups is 1. The van der Waals surface area contributed by atoms with E-state index < -0.39 is 5.60 Å². The molecule has 1 aromatic carbocycles. The molecule has 0 amide bonds. The fourth-order valence-electron chi connectivity index (χ4n) is 3.09. The summed E-state index contributed by atoms with van der Waals surface area (Å²) in [6.45, 7) is 4.47. The third-order valence-electron chi connectivity index (χ3n) is 3.56. The van der Waals surface area contributed by atoms with Gasteiger partial charge in [-0.2, -0.15) is 0 Å². The van der Waals surface area contributed by atoms with Gasteiger partial charge in [0.05, 0.1) is 5.60 Å². The predicted octanol–water partition coefficient (Wildman–Crippen LogP) is 4.09. The number of halogens is 1. The van der Waals surface area contributed by atoms with E-state index in [0.29, 0.717) is 11.8 Å². The van der Waals surface area contributed by atoms with Crippen LogP contribution < -0.4 is 0 Å². The average Bonchev–Trinajstić information content (AvgIpc) is 2.16. The van der Waals surface area contributed by atoms with E-state index >= 15 is 0 Å². The second-order valence-corrected chi connectivity index (χ2v) is 6.31. The van der Waals surface area contributed by atoms with Crippen molar-refractivity contribution in [2.24, 2.45) is 11.8 Å². The van der Waals surface area contributed by atoms with Crippen LogP contribution in [-0.4, -0.2) is 5.11 Å². The first-order valence-electron chi connectivity index (χ1n) is 5.98. The zero-order valence-electron chi connectivity index (χ0n) is 9.91. The van der Waals surface area contributed by atoms with Crippen LogP contribution in [0.25, 0.3) is 0 Å². The lowest BCUT2D eigenvalue weighted by Gasteiger charge is -2.39. The lowest BCUT2D eigenvalue weighted by molar-refractivity contribution is -0.0362. The summed E-state index contributed by atoms with van der Waals surface area (Å²) in [4.78, 5) is 0. The quantitative estimate of drug-likeness (QED) is 0.823. The maximum absolute atomic E-state index is 10.8. The zero-order chi connectivity index (χ0) is 11.8. The van der Waals surface area contributed by atoms with Gasteiger partial charge in [-0.1, -0.05) is 41.9 Å². The van der Waals surface area contributed by atoms with E-state index in [0.717, 1.165) is 22.9 Å². The Labute approximate surface area is 106 Å². The van der Waals surface area contributed by atoms with Crippen LogP contribution in [0.1, 0.15) is 38.7 Å². The largest absolute Gasteiger partial charge is 0.385 e. The molecule has 0 bridgehead atoms. The molecule has 2 heteroatoms. The van der Waals surface area contributed by atoms with Gasteiger partial charge in [-0.25, -0.2) is 0 Å². The summed E-state index contributed by atoms with van der Waals surface area (Å²) in [6, 6.07) is 8.10. The Kier molecular flexibility index (Phi) is 3.41. The first-order chi connectivity index (χ1) is 7.49. The molecule has 1 aromatic rings. The summed E-state index contributed by atoms with van der Waals surface area (Å²) < 4.78 is 1.07. The van der Waals surface area contributed by atoms with Crippen LogP contribution in [0.2, 0.25) is 0 Å². The Morgan fingerprint density at radius 1 is 1.12 bits per heavy atom. The molecule has 0 spiro atoms. The normalized spacial score (nSPS) is 35.0. The number of hydrogen-bond donors (Lipinski definition) is 1. The van der Waals surface area contributed by atoms with Crippen LogP contribution in [0.15, 0.2) is 28.7 Å². The molecule has 2 rings (SSSR count). The van der Waals surface area contributed by atoms with Gasteiger partial charge in [0, 0.05) is 4.47 Å². The van der Waals surface area contributed by atoms with Crippen LogP contribution in [0, 0.1) is 11.8 Å². The van der Waals surface area contributed by atoms with E-state index in [1.165, 1.54) is 6.42 Å². The molecule has 0 saturated heterocycles. The van der Waals surface area contributed by atoms with E-state index in [4.69, 9.17) is 0 Å². The summed E-state index contributed by atoms with van der Waals surface area (Å²) in [5, 5.41) is 10.8. The monoisotopic (exact) mass is 282 g/mol. The highest BCUT2D eigenvalue weighted by Crippen LogP contribution is 2.42. The molecule has 1 saturated carbocycles. The Morgan fingerprint density at radius 2 is 1.62 bits per heavy atom. The van der Waals surface area contributed by atoms with Gasteiger partial charge >= 0.3 is 0 Å². The Balaban J connectivity index is 2.26. The molecule has 1 fully saturated rings. The minimum absolute atomic E-state index is 0.609. The van der Waals surface area contributed by atoms with Gasteiger partial charge in [-0.3, -0.25) is 0 Å². The van der Waals surface area contributed by atoms with Crippen molar-refractivity contribution in [2.45, 2.75) is 38.7 Å². The fourth-order valence-corrected chi connectivity index (χ4v) is 3.35. The third kappa shape index (κ3) is 2.49. The highest BCUT2D eigenvalue weighted by Gasteiger charge is 2.37. The van der Waals surface area contributed by atoms with Gasteiger partial charge in [0.25, 0.3) is 0 Å². The number of benzene rings is 1. The molecule has 1 aliphatic carbocycles. The van der Waals surface area contributed by atoms with E-state index in [-0.39, 0.29) is 0 Å². The van der Waals surface area contributed by atoms with Crippen molar-refractivity contribution in [1.82, 2.24) is 0 Å². The summed E-state index contributed by atoms with van der Waals surface area (Å²) in [5.74, 6) is 1.22. The standard InChI is InChI=1S/C14H19BrO/c1-10-7-11(2)9-14(16,8-10)12-3-5-13(15)6-4-12/h3-6,10-11,16H,7-9H2,1-2H3. The first kappa shape index (κ1) is 12.1. The van der Waals surface area contributed by atoms with E-state index in [1.807, 2.05) is 24.3 Å². The lowest BCUT2D eigenvalue weighted by Crippen LogP contribution is -2.35. The summed E-state index contributed by atoms with van der Waals surface area (Å²) in [7, 11) is 0. The van der Waals surface area contributed by atoms with Crippen molar-refractivity contribution < 1.29 is 5.11 Å². The van der Waals surface area contributed by atoms with Crippen LogP contribution in [0.3, 0.4) is 0 Å². The molecule has 0 aromatic heterocycles. The van der Waals surface area contributed by atoms with Crippen molar-refractivity contribution in [2.75, 3.05) is 0 Å². The molecular weight excluding hydrogens is 264 g/mol. The Hall–Kier alpha value is -0.340.